The van der Waals surface area contributed by atoms with Crippen LogP contribution in [0, 0.1) is 17.8 Å². The van der Waals surface area contributed by atoms with Crippen LogP contribution in [0.5, 0.6) is 0 Å². The normalized spacial score (nSPS) is 25.2. The molecule has 0 aromatic heterocycles. The van der Waals surface area contributed by atoms with Crippen LogP contribution in [0.15, 0.2) is 96.6 Å². The van der Waals surface area contributed by atoms with Crippen LogP contribution in [-0.4, -0.2) is 0 Å². The zero-order valence-electron chi connectivity index (χ0n) is 21.5. The molecule has 4 atom stereocenters. The summed E-state index contributed by atoms with van der Waals surface area (Å²) < 4.78 is 0. The van der Waals surface area contributed by atoms with E-state index in [0.717, 1.165) is 31.3 Å². The third-order valence-corrected chi connectivity index (χ3v) is 7.93. The highest BCUT2D eigenvalue weighted by molar-refractivity contribution is 5.69. The Bertz CT molecular complexity index is 1170. The number of allylic oxidation sites excluding steroid dienone is 6. The van der Waals surface area contributed by atoms with Crippen molar-refractivity contribution < 1.29 is 0 Å². The van der Waals surface area contributed by atoms with Crippen molar-refractivity contribution in [1.29, 1.82) is 0 Å². The quantitative estimate of drug-likeness (QED) is 0.370. The number of hydrogen-bond acceptors (Lipinski definition) is 0. The first kappa shape index (κ1) is 24.3. The maximum atomic E-state index is 4.71. The van der Waals surface area contributed by atoms with Crippen LogP contribution < -0.4 is 0 Å². The highest BCUT2D eigenvalue weighted by Gasteiger charge is 2.45. The van der Waals surface area contributed by atoms with E-state index in [-0.39, 0.29) is 0 Å². The lowest BCUT2D eigenvalue weighted by molar-refractivity contribution is 0.321. The second-order valence-corrected chi connectivity index (χ2v) is 10.4. The van der Waals surface area contributed by atoms with E-state index in [4.69, 9.17) is 6.58 Å². The number of fused-ring (bicyclic) bond motifs is 1. The molecule has 0 bridgehead atoms. The molecule has 0 saturated heterocycles. The Morgan fingerprint density at radius 2 is 1.82 bits per heavy atom. The Morgan fingerprint density at radius 3 is 2.53 bits per heavy atom. The lowest BCUT2D eigenvalue weighted by atomic mass is 9.61. The first-order chi connectivity index (χ1) is 16.3. The van der Waals surface area contributed by atoms with Gasteiger partial charge in [-0.3, -0.25) is 0 Å². The highest BCUT2D eigenvalue weighted by Crippen LogP contribution is 2.57. The van der Waals surface area contributed by atoms with Crippen LogP contribution in [0.1, 0.15) is 75.1 Å². The molecule has 34 heavy (non-hydrogen) atoms. The zero-order chi connectivity index (χ0) is 24.4. The smallest absolute Gasteiger partial charge is 0.0123 e. The van der Waals surface area contributed by atoms with Gasteiger partial charge in [0.2, 0.25) is 0 Å². The summed E-state index contributed by atoms with van der Waals surface area (Å²) >= 11 is 0. The second-order valence-electron chi connectivity index (χ2n) is 10.4. The van der Waals surface area contributed by atoms with Gasteiger partial charge in [-0.2, -0.15) is 0 Å². The van der Waals surface area contributed by atoms with Gasteiger partial charge in [-0.25, -0.2) is 0 Å². The first-order valence-corrected chi connectivity index (χ1v) is 13.0. The third kappa shape index (κ3) is 4.56. The number of aryl methyl sites for hydroxylation is 1. The van der Waals surface area contributed by atoms with E-state index in [1.165, 1.54) is 39.0 Å². The Morgan fingerprint density at radius 1 is 1.06 bits per heavy atom. The molecular formula is C34H40. The van der Waals surface area contributed by atoms with E-state index in [9.17, 15) is 0 Å². The summed E-state index contributed by atoms with van der Waals surface area (Å²) in [6, 6.07) is 17.8. The maximum Gasteiger partial charge on any atom is 0.0123 e. The topological polar surface area (TPSA) is 0 Å². The molecular weight excluding hydrogens is 408 g/mol. The van der Waals surface area contributed by atoms with Crippen molar-refractivity contribution in [3.63, 3.8) is 0 Å². The molecule has 4 unspecified atom stereocenters. The molecule has 0 amide bonds. The summed E-state index contributed by atoms with van der Waals surface area (Å²) in [5.41, 5.74) is 12.1. The molecule has 2 aromatic rings. The second kappa shape index (κ2) is 10.2. The predicted molar refractivity (Wildman–Crippen MR) is 150 cm³/mol. The van der Waals surface area contributed by atoms with E-state index in [2.05, 4.69) is 102 Å². The van der Waals surface area contributed by atoms with Crippen molar-refractivity contribution in [2.75, 3.05) is 0 Å². The molecule has 0 spiro atoms. The molecule has 0 heterocycles. The zero-order valence-corrected chi connectivity index (χ0v) is 21.5. The summed E-state index contributed by atoms with van der Waals surface area (Å²) in [6.07, 6.45) is 9.22. The molecule has 2 aliphatic carbocycles. The van der Waals surface area contributed by atoms with E-state index in [0.29, 0.717) is 23.7 Å². The number of hydrogen-bond donors (Lipinski definition) is 0. The van der Waals surface area contributed by atoms with Crippen molar-refractivity contribution in [3.05, 3.63) is 119 Å². The summed E-state index contributed by atoms with van der Waals surface area (Å²) in [4.78, 5) is 0. The van der Waals surface area contributed by atoms with Gasteiger partial charge in [0.05, 0.1) is 0 Å². The van der Waals surface area contributed by atoms with Gasteiger partial charge in [0.1, 0.15) is 0 Å². The molecule has 0 heteroatoms. The Balaban J connectivity index is 1.80. The van der Waals surface area contributed by atoms with Crippen LogP contribution in [0.3, 0.4) is 0 Å². The number of rotatable bonds is 7. The minimum atomic E-state index is 0.359. The summed E-state index contributed by atoms with van der Waals surface area (Å²) in [7, 11) is 0. The third-order valence-electron chi connectivity index (χ3n) is 7.93. The summed E-state index contributed by atoms with van der Waals surface area (Å²) in [6.45, 7) is 22.5. The Kier molecular flexibility index (Phi) is 7.27. The molecule has 1 saturated carbocycles. The SMILES string of the molecule is C=C(C)c1cccc(C=C2CC3=CC(C)C(C(=C)CCC)C(c4ccccc4CC)C3C2=C)c1. The summed E-state index contributed by atoms with van der Waals surface area (Å²) in [5, 5.41) is 0. The average Bonchev–Trinajstić information content (AvgIpc) is 3.12. The van der Waals surface area contributed by atoms with Crippen molar-refractivity contribution >= 4 is 11.6 Å². The standard InChI is InChI=1S/C34H40/c1-8-13-23(5)32-24(6)18-30-21-29(20-26-14-12-16-28(19-26)22(3)4)25(7)33(30)34(32)31-17-11-10-15-27(31)9-2/h10-12,14-20,24,32-34H,3,5,7-9,13,21H2,1-2,4,6H3. The Labute approximate surface area is 207 Å². The predicted octanol–water partition coefficient (Wildman–Crippen LogP) is 9.57. The first-order valence-electron chi connectivity index (χ1n) is 13.0. The molecule has 0 N–H and O–H groups in total. The molecule has 2 aliphatic rings. The van der Waals surface area contributed by atoms with E-state index >= 15 is 0 Å². The van der Waals surface area contributed by atoms with E-state index in [1.54, 1.807) is 5.57 Å². The van der Waals surface area contributed by atoms with Crippen molar-refractivity contribution in [3.8, 4) is 0 Å². The average molecular weight is 449 g/mol. The molecule has 176 valence electrons. The molecule has 0 nitrogen and oxygen atoms in total. The Hall–Kier alpha value is -2.86. The summed E-state index contributed by atoms with van der Waals surface area (Å²) in [5.74, 6) is 1.70. The van der Waals surface area contributed by atoms with Gasteiger partial charge in [-0.1, -0.05) is 118 Å². The van der Waals surface area contributed by atoms with Crippen LogP contribution in [0.4, 0.5) is 0 Å². The van der Waals surface area contributed by atoms with Crippen molar-refractivity contribution in [2.24, 2.45) is 17.8 Å². The van der Waals surface area contributed by atoms with Crippen LogP contribution in [-0.2, 0) is 6.42 Å². The van der Waals surface area contributed by atoms with Gasteiger partial charge in [0.25, 0.3) is 0 Å². The van der Waals surface area contributed by atoms with Gasteiger partial charge in [-0.05, 0) is 77.5 Å². The van der Waals surface area contributed by atoms with Gasteiger partial charge in [-0.15, -0.1) is 0 Å². The molecule has 1 fully saturated rings. The largest absolute Gasteiger partial charge is 0.0995 e. The van der Waals surface area contributed by atoms with Gasteiger partial charge < -0.3 is 0 Å². The van der Waals surface area contributed by atoms with Crippen molar-refractivity contribution in [1.82, 2.24) is 0 Å². The molecule has 0 aliphatic heterocycles. The molecule has 2 aromatic carbocycles. The minimum absolute atomic E-state index is 0.359. The lowest BCUT2D eigenvalue weighted by Gasteiger charge is -2.42. The van der Waals surface area contributed by atoms with Crippen molar-refractivity contribution in [2.45, 2.75) is 59.3 Å². The monoisotopic (exact) mass is 448 g/mol. The maximum absolute atomic E-state index is 4.71. The van der Waals surface area contributed by atoms with E-state index < -0.39 is 0 Å². The fourth-order valence-corrected chi connectivity index (χ4v) is 6.36. The number of benzene rings is 2. The van der Waals surface area contributed by atoms with Gasteiger partial charge in [0.15, 0.2) is 0 Å². The fraction of sp³-hybridized carbons (Fsp3) is 0.353. The lowest BCUT2D eigenvalue weighted by Crippen LogP contribution is -2.32. The van der Waals surface area contributed by atoms with E-state index in [1.807, 2.05) is 0 Å². The van der Waals surface area contributed by atoms with Crippen LogP contribution in [0.2, 0.25) is 0 Å². The highest BCUT2D eigenvalue weighted by atomic mass is 14.5. The van der Waals surface area contributed by atoms with Crippen LogP contribution in [0.25, 0.3) is 11.6 Å². The molecule has 4 rings (SSSR count). The fourth-order valence-electron chi connectivity index (χ4n) is 6.36. The minimum Gasteiger partial charge on any atom is -0.0995 e. The van der Waals surface area contributed by atoms with Crippen LogP contribution >= 0.6 is 0 Å². The molecule has 0 radical (unpaired) electrons. The van der Waals surface area contributed by atoms with Gasteiger partial charge >= 0.3 is 0 Å². The van der Waals surface area contributed by atoms with Gasteiger partial charge in [0, 0.05) is 11.8 Å².